The summed E-state index contributed by atoms with van der Waals surface area (Å²) >= 11 is 0. The summed E-state index contributed by atoms with van der Waals surface area (Å²) in [5, 5.41) is 0. The van der Waals surface area contributed by atoms with Crippen molar-refractivity contribution in [3.8, 4) is 0 Å². The molecule has 0 bridgehead atoms. The third-order valence-electron chi connectivity index (χ3n) is 3.18. The molecule has 0 radical (unpaired) electrons. The van der Waals surface area contributed by atoms with Crippen LogP contribution in [0.1, 0.15) is 51.9 Å². The Morgan fingerprint density at radius 1 is 1.21 bits per heavy atom. The van der Waals surface area contributed by atoms with Crippen LogP contribution in [0, 0.1) is 5.41 Å². The summed E-state index contributed by atoms with van der Waals surface area (Å²) in [5.74, 6) is 0. The van der Waals surface area contributed by atoms with Crippen molar-refractivity contribution in [1.82, 2.24) is 0 Å². The molecule has 1 aliphatic carbocycles. The van der Waals surface area contributed by atoms with Gasteiger partial charge in [-0.3, -0.25) is 0 Å². The van der Waals surface area contributed by atoms with Gasteiger partial charge in [-0.25, -0.2) is 0 Å². The number of hydrogen-bond acceptors (Lipinski definition) is 2. The van der Waals surface area contributed by atoms with Crippen LogP contribution in [0.5, 0.6) is 0 Å². The maximum atomic E-state index is 5.70. The van der Waals surface area contributed by atoms with E-state index in [4.69, 9.17) is 10.5 Å². The average Bonchev–Trinajstić information content (AvgIpc) is 2.93. The second kappa shape index (κ2) is 6.41. The van der Waals surface area contributed by atoms with Gasteiger partial charge in [0.2, 0.25) is 0 Å². The van der Waals surface area contributed by atoms with Gasteiger partial charge in [0.25, 0.3) is 0 Å². The van der Waals surface area contributed by atoms with E-state index in [0.717, 1.165) is 26.2 Å². The summed E-state index contributed by atoms with van der Waals surface area (Å²) in [6.07, 6.45) is 9.02. The Kier molecular flexibility index (Phi) is 5.49. The van der Waals surface area contributed by atoms with Crippen LogP contribution in [0.4, 0.5) is 0 Å². The summed E-state index contributed by atoms with van der Waals surface area (Å²) in [4.78, 5) is 0. The average molecular weight is 199 g/mol. The van der Waals surface area contributed by atoms with E-state index in [2.05, 4.69) is 6.92 Å². The minimum Gasteiger partial charge on any atom is -0.381 e. The predicted molar refractivity (Wildman–Crippen MR) is 60.3 cm³/mol. The minimum atomic E-state index is 0.500. The van der Waals surface area contributed by atoms with Crippen LogP contribution in [0.15, 0.2) is 0 Å². The molecule has 1 fully saturated rings. The lowest BCUT2D eigenvalue weighted by molar-refractivity contribution is 0.0846. The van der Waals surface area contributed by atoms with Crippen molar-refractivity contribution in [3.63, 3.8) is 0 Å². The van der Waals surface area contributed by atoms with Gasteiger partial charge >= 0.3 is 0 Å². The summed E-state index contributed by atoms with van der Waals surface area (Å²) in [6, 6.07) is 0. The first-order valence-electron chi connectivity index (χ1n) is 6.11. The highest BCUT2D eigenvalue weighted by atomic mass is 16.5. The summed E-state index contributed by atoms with van der Waals surface area (Å²) in [5.41, 5.74) is 6.07. The summed E-state index contributed by atoms with van der Waals surface area (Å²) < 4.78 is 5.70. The van der Waals surface area contributed by atoms with Gasteiger partial charge in [-0.15, -0.1) is 0 Å². The molecular formula is C12H25NO. The molecule has 0 heterocycles. The Balaban J connectivity index is 1.88. The number of ether oxygens (including phenoxy) is 1. The molecule has 0 aromatic heterocycles. The molecule has 0 saturated heterocycles. The third-order valence-corrected chi connectivity index (χ3v) is 3.18. The van der Waals surface area contributed by atoms with Gasteiger partial charge in [0.1, 0.15) is 0 Å². The first-order valence-corrected chi connectivity index (χ1v) is 6.11. The van der Waals surface area contributed by atoms with Gasteiger partial charge < -0.3 is 10.5 Å². The molecule has 0 aromatic carbocycles. The Morgan fingerprint density at radius 2 is 2.00 bits per heavy atom. The maximum absolute atomic E-state index is 5.70. The zero-order chi connectivity index (χ0) is 10.3. The molecule has 2 nitrogen and oxygen atoms in total. The molecule has 0 atom stereocenters. The van der Waals surface area contributed by atoms with E-state index in [0.29, 0.717) is 5.41 Å². The van der Waals surface area contributed by atoms with Crippen molar-refractivity contribution >= 4 is 0 Å². The SMILES string of the molecule is CCCCCCOCC1(CCN)CC1. The second-order valence-corrected chi connectivity index (χ2v) is 4.65. The van der Waals surface area contributed by atoms with Crippen molar-refractivity contribution in [3.05, 3.63) is 0 Å². The fourth-order valence-corrected chi connectivity index (χ4v) is 1.87. The smallest absolute Gasteiger partial charge is 0.0522 e. The van der Waals surface area contributed by atoms with E-state index in [1.807, 2.05) is 0 Å². The predicted octanol–water partition coefficient (Wildman–Crippen LogP) is 2.71. The van der Waals surface area contributed by atoms with Gasteiger partial charge in [-0.2, -0.15) is 0 Å². The zero-order valence-corrected chi connectivity index (χ0v) is 9.56. The van der Waals surface area contributed by atoms with E-state index in [1.54, 1.807) is 0 Å². The second-order valence-electron chi connectivity index (χ2n) is 4.65. The number of unbranched alkanes of at least 4 members (excludes halogenated alkanes) is 3. The van der Waals surface area contributed by atoms with Gasteiger partial charge in [0, 0.05) is 6.61 Å². The van der Waals surface area contributed by atoms with E-state index in [-0.39, 0.29) is 0 Å². The first kappa shape index (κ1) is 12.0. The van der Waals surface area contributed by atoms with E-state index >= 15 is 0 Å². The van der Waals surface area contributed by atoms with Gasteiger partial charge in [-0.05, 0) is 37.6 Å². The summed E-state index contributed by atoms with van der Waals surface area (Å²) in [6.45, 7) is 4.96. The lowest BCUT2D eigenvalue weighted by atomic mass is 10.0. The molecule has 0 unspecified atom stereocenters. The van der Waals surface area contributed by atoms with Gasteiger partial charge in [-0.1, -0.05) is 26.2 Å². The standard InChI is InChI=1S/C12H25NO/c1-2-3-4-5-10-14-11-12(6-7-12)8-9-13/h2-11,13H2,1H3. The summed E-state index contributed by atoms with van der Waals surface area (Å²) in [7, 11) is 0. The molecule has 14 heavy (non-hydrogen) atoms. The zero-order valence-electron chi connectivity index (χ0n) is 9.56. The van der Waals surface area contributed by atoms with Crippen molar-refractivity contribution in [2.24, 2.45) is 11.1 Å². The van der Waals surface area contributed by atoms with Crippen molar-refractivity contribution in [1.29, 1.82) is 0 Å². The molecule has 1 rings (SSSR count). The Hall–Kier alpha value is -0.0800. The normalized spacial score (nSPS) is 18.4. The highest BCUT2D eigenvalue weighted by Crippen LogP contribution is 2.48. The molecule has 0 amide bonds. The number of nitrogens with two attached hydrogens (primary N) is 1. The highest BCUT2D eigenvalue weighted by molar-refractivity contribution is 4.92. The van der Waals surface area contributed by atoms with E-state index < -0.39 is 0 Å². The largest absolute Gasteiger partial charge is 0.381 e. The third kappa shape index (κ3) is 4.43. The van der Waals surface area contributed by atoms with Gasteiger partial charge in [0.05, 0.1) is 6.61 Å². The Morgan fingerprint density at radius 3 is 2.57 bits per heavy atom. The Labute approximate surface area is 88.2 Å². The molecular weight excluding hydrogens is 174 g/mol. The van der Waals surface area contributed by atoms with Crippen molar-refractivity contribution < 1.29 is 4.74 Å². The Bertz CT molecular complexity index is 143. The highest BCUT2D eigenvalue weighted by Gasteiger charge is 2.41. The van der Waals surface area contributed by atoms with Crippen molar-refractivity contribution in [2.75, 3.05) is 19.8 Å². The number of rotatable bonds is 9. The maximum Gasteiger partial charge on any atom is 0.0522 e. The molecule has 1 aliphatic rings. The van der Waals surface area contributed by atoms with Crippen LogP contribution < -0.4 is 5.73 Å². The van der Waals surface area contributed by atoms with E-state index in [1.165, 1.54) is 38.5 Å². The molecule has 1 saturated carbocycles. The van der Waals surface area contributed by atoms with Crippen LogP contribution in [-0.2, 0) is 4.74 Å². The lowest BCUT2D eigenvalue weighted by Gasteiger charge is -2.13. The molecule has 84 valence electrons. The fourth-order valence-electron chi connectivity index (χ4n) is 1.87. The van der Waals surface area contributed by atoms with Crippen LogP contribution in [0.2, 0.25) is 0 Å². The van der Waals surface area contributed by atoms with Crippen LogP contribution in [-0.4, -0.2) is 19.8 Å². The van der Waals surface area contributed by atoms with Crippen LogP contribution >= 0.6 is 0 Å². The van der Waals surface area contributed by atoms with Crippen LogP contribution in [0.3, 0.4) is 0 Å². The minimum absolute atomic E-state index is 0.500. The topological polar surface area (TPSA) is 35.2 Å². The van der Waals surface area contributed by atoms with Gasteiger partial charge in [0.15, 0.2) is 0 Å². The van der Waals surface area contributed by atoms with Crippen LogP contribution in [0.25, 0.3) is 0 Å². The lowest BCUT2D eigenvalue weighted by Crippen LogP contribution is -2.16. The quantitative estimate of drug-likeness (QED) is 0.579. The van der Waals surface area contributed by atoms with Crippen molar-refractivity contribution in [2.45, 2.75) is 51.9 Å². The first-order chi connectivity index (χ1) is 6.83. The van der Waals surface area contributed by atoms with E-state index in [9.17, 15) is 0 Å². The molecule has 0 aromatic rings. The molecule has 2 heteroatoms. The fraction of sp³-hybridized carbons (Fsp3) is 1.00. The number of hydrogen-bond donors (Lipinski definition) is 1. The molecule has 0 spiro atoms. The molecule has 2 N–H and O–H groups in total. The monoisotopic (exact) mass is 199 g/mol. The molecule has 0 aliphatic heterocycles.